The van der Waals surface area contributed by atoms with Crippen molar-refractivity contribution in [2.24, 2.45) is 5.92 Å². The van der Waals surface area contributed by atoms with Crippen LogP contribution in [-0.2, 0) is 16.0 Å². The van der Waals surface area contributed by atoms with Crippen molar-refractivity contribution in [2.75, 3.05) is 13.1 Å². The fourth-order valence-electron chi connectivity index (χ4n) is 3.03. The van der Waals surface area contributed by atoms with E-state index in [1.54, 1.807) is 24.3 Å². The van der Waals surface area contributed by atoms with Gasteiger partial charge in [-0.1, -0.05) is 51.3 Å². The highest BCUT2D eigenvalue weighted by atomic mass is 32.1. The van der Waals surface area contributed by atoms with Gasteiger partial charge in [0.1, 0.15) is 6.54 Å². The van der Waals surface area contributed by atoms with E-state index in [9.17, 15) is 14.4 Å². The van der Waals surface area contributed by atoms with Crippen molar-refractivity contribution in [3.63, 3.8) is 0 Å². The van der Waals surface area contributed by atoms with E-state index in [0.29, 0.717) is 28.7 Å². The highest BCUT2D eigenvalue weighted by molar-refractivity contribution is 7.80. The van der Waals surface area contributed by atoms with E-state index in [2.05, 4.69) is 30.0 Å². The van der Waals surface area contributed by atoms with Gasteiger partial charge in [-0.15, -0.1) is 0 Å². The molecule has 3 amide bonds. The van der Waals surface area contributed by atoms with Crippen LogP contribution < -0.4 is 16.2 Å². The lowest BCUT2D eigenvalue weighted by atomic mass is 9.98. The topological polar surface area (TPSA) is 90.5 Å². The molecule has 1 aromatic rings. The fraction of sp³-hybridized carbons (Fsp3) is 0.500. The van der Waals surface area contributed by atoms with Crippen LogP contribution in [0.25, 0.3) is 0 Å². The van der Waals surface area contributed by atoms with E-state index in [1.807, 2.05) is 0 Å². The first-order chi connectivity index (χ1) is 13.4. The van der Waals surface area contributed by atoms with E-state index < -0.39 is 11.8 Å². The van der Waals surface area contributed by atoms with Gasteiger partial charge in [-0.05, 0) is 36.2 Å². The molecular formula is C20H28N4O3S. The fourth-order valence-corrected chi connectivity index (χ4v) is 3.16. The Bertz CT molecular complexity index is 738. The third-order valence-corrected chi connectivity index (χ3v) is 4.91. The molecule has 1 aliphatic heterocycles. The minimum absolute atomic E-state index is 0.110. The molecular weight excluding hydrogens is 376 g/mol. The Kier molecular flexibility index (Phi) is 8.38. The summed E-state index contributed by atoms with van der Waals surface area (Å²) < 4.78 is 0. The molecule has 0 aliphatic carbocycles. The predicted octanol–water partition coefficient (Wildman–Crippen LogP) is 1.92. The predicted molar refractivity (Wildman–Crippen MR) is 111 cm³/mol. The molecule has 1 heterocycles. The molecule has 1 atom stereocenters. The van der Waals surface area contributed by atoms with Gasteiger partial charge in [0.2, 0.25) is 5.91 Å². The molecule has 0 fully saturated rings. The van der Waals surface area contributed by atoms with Gasteiger partial charge >= 0.3 is 0 Å². The summed E-state index contributed by atoms with van der Waals surface area (Å²) in [6, 6.07) is 6.93. The second kappa shape index (κ2) is 10.8. The minimum atomic E-state index is -0.513. The molecule has 152 valence electrons. The second-order valence-electron chi connectivity index (χ2n) is 7.10. The van der Waals surface area contributed by atoms with Gasteiger partial charge in [0.15, 0.2) is 5.11 Å². The van der Waals surface area contributed by atoms with Crippen LogP contribution in [0.15, 0.2) is 24.3 Å². The summed E-state index contributed by atoms with van der Waals surface area (Å²) in [6.45, 7) is 4.68. The first-order valence-electron chi connectivity index (χ1n) is 9.67. The zero-order valence-electron chi connectivity index (χ0n) is 16.4. The van der Waals surface area contributed by atoms with Crippen molar-refractivity contribution in [1.29, 1.82) is 0 Å². The van der Waals surface area contributed by atoms with Crippen molar-refractivity contribution in [1.82, 2.24) is 21.1 Å². The first kappa shape index (κ1) is 21.8. The highest BCUT2D eigenvalue weighted by Gasteiger charge is 2.31. The molecule has 0 radical (unpaired) electrons. The monoisotopic (exact) mass is 404 g/mol. The number of carbonyl (C=O) groups excluding carboxylic acids is 3. The van der Waals surface area contributed by atoms with Gasteiger partial charge in [0.25, 0.3) is 11.8 Å². The van der Waals surface area contributed by atoms with Gasteiger partial charge in [-0.25, -0.2) is 0 Å². The molecule has 0 bridgehead atoms. The Morgan fingerprint density at radius 3 is 2.71 bits per heavy atom. The van der Waals surface area contributed by atoms with Gasteiger partial charge in [-0.2, -0.15) is 0 Å². The molecule has 8 heteroatoms. The number of thiocarbonyl (C=S) groups is 1. The average molecular weight is 405 g/mol. The summed E-state index contributed by atoms with van der Waals surface area (Å²) in [5.41, 5.74) is 6.19. The first-order valence-corrected chi connectivity index (χ1v) is 10.1. The number of amides is 3. The summed E-state index contributed by atoms with van der Waals surface area (Å²) in [4.78, 5) is 37.7. The number of nitrogens with one attached hydrogen (secondary N) is 3. The lowest BCUT2D eigenvalue weighted by Gasteiger charge is -2.26. The summed E-state index contributed by atoms with van der Waals surface area (Å²) in [5, 5.41) is 3.36. The van der Waals surface area contributed by atoms with E-state index >= 15 is 0 Å². The van der Waals surface area contributed by atoms with Crippen molar-refractivity contribution in [3.8, 4) is 0 Å². The molecule has 3 N–H and O–H groups in total. The Balaban J connectivity index is 1.74. The van der Waals surface area contributed by atoms with Crippen LogP contribution in [0, 0.1) is 5.92 Å². The zero-order chi connectivity index (χ0) is 20.5. The SMILES string of the molecule is CCCCC[C@H](C)CNC(=S)NNC(=O)CN1C(=O)Cc2ccccc2C1=O. The van der Waals surface area contributed by atoms with Crippen molar-refractivity contribution in [3.05, 3.63) is 35.4 Å². The molecule has 1 aliphatic rings. The normalized spacial score (nSPS) is 14.3. The third-order valence-electron chi connectivity index (χ3n) is 4.66. The Morgan fingerprint density at radius 2 is 1.96 bits per heavy atom. The van der Waals surface area contributed by atoms with Crippen LogP contribution in [0.2, 0.25) is 0 Å². The smallest absolute Gasteiger partial charge is 0.261 e. The molecule has 0 unspecified atom stereocenters. The van der Waals surface area contributed by atoms with Crippen LogP contribution in [0.3, 0.4) is 0 Å². The Hall–Kier alpha value is -2.48. The molecule has 2 rings (SSSR count). The van der Waals surface area contributed by atoms with Gasteiger partial charge in [-0.3, -0.25) is 30.1 Å². The number of hydrogen-bond donors (Lipinski definition) is 3. The Morgan fingerprint density at radius 1 is 1.21 bits per heavy atom. The van der Waals surface area contributed by atoms with Crippen molar-refractivity contribution in [2.45, 2.75) is 46.0 Å². The van der Waals surface area contributed by atoms with Crippen LogP contribution in [-0.4, -0.2) is 40.8 Å². The standard InChI is InChI=1S/C20H28N4O3S/c1-3-4-5-8-14(2)12-21-20(28)23-22-17(25)13-24-18(26)11-15-9-6-7-10-16(15)19(24)27/h6-7,9-10,14H,3-5,8,11-13H2,1-2H3,(H,22,25)(H2,21,23,28)/t14-/m0/s1. The molecule has 0 spiro atoms. The number of fused-ring (bicyclic) bond motifs is 1. The number of hydrazine groups is 1. The van der Waals surface area contributed by atoms with E-state index in [0.717, 1.165) is 11.3 Å². The van der Waals surface area contributed by atoms with E-state index in [1.165, 1.54) is 19.3 Å². The van der Waals surface area contributed by atoms with Crippen LogP contribution in [0.4, 0.5) is 0 Å². The Labute approximate surface area is 171 Å². The molecule has 0 aromatic heterocycles. The summed E-state index contributed by atoms with van der Waals surface area (Å²) in [5.74, 6) is -0.879. The lowest BCUT2D eigenvalue weighted by Crippen LogP contribution is -2.53. The third kappa shape index (κ3) is 6.30. The van der Waals surface area contributed by atoms with Crippen molar-refractivity contribution >= 4 is 35.1 Å². The quantitative estimate of drug-likeness (QED) is 0.265. The number of imide groups is 1. The summed E-state index contributed by atoms with van der Waals surface area (Å²) in [6.07, 6.45) is 4.84. The van der Waals surface area contributed by atoms with Gasteiger partial charge in [0.05, 0.1) is 6.42 Å². The molecule has 0 saturated carbocycles. The van der Waals surface area contributed by atoms with Crippen LogP contribution >= 0.6 is 12.2 Å². The minimum Gasteiger partial charge on any atom is -0.361 e. The zero-order valence-corrected chi connectivity index (χ0v) is 17.2. The average Bonchev–Trinajstić information content (AvgIpc) is 2.68. The number of rotatable bonds is 8. The number of carbonyl (C=O) groups is 3. The molecule has 28 heavy (non-hydrogen) atoms. The maximum Gasteiger partial charge on any atom is 0.261 e. The highest BCUT2D eigenvalue weighted by Crippen LogP contribution is 2.19. The van der Waals surface area contributed by atoms with Crippen LogP contribution in [0.5, 0.6) is 0 Å². The van der Waals surface area contributed by atoms with E-state index in [4.69, 9.17) is 12.2 Å². The summed E-state index contributed by atoms with van der Waals surface area (Å²) in [7, 11) is 0. The van der Waals surface area contributed by atoms with E-state index in [-0.39, 0.29) is 18.9 Å². The number of benzene rings is 1. The van der Waals surface area contributed by atoms with Gasteiger partial charge in [0, 0.05) is 12.1 Å². The van der Waals surface area contributed by atoms with Gasteiger partial charge < -0.3 is 5.32 Å². The number of nitrogens with zero attached hydrogens (tertiary/aromatic N) is 1. The maximum absolute atomic E-state index is 12.5. The number of hydrogen-bond acceptors (Lipinski definition) is 4. The van der Waals surface area contributed by atoms with Crippen LogP contribution in [0.1, 0.15) is 55.5 Å². The largest absolute Gasteiger partial charge is 0.361 e. The summed E-state index contributed by atoms with van der Waals surface area (Å²) >= 11 is 5.14. The second-order valence-corrected chi connectivity index (χ2v) is 7.51. The lowest BCUT2D eigenvalue weighted by molar-refractivity contribution is -0.133. The van der Waals surface area contributed by atoms with Crippen molar-refractivity contribution < 1.29 is 14.4 Å². The molecule has 1 aromatic carbocycles. The molecule has 0 saturated heterocycles. The maximum atomic E-state index is 12.5. The molecule has 7 nitrogen and oxygen atoms in total. The number of unbranched alkanes of at least 4 members (excludes halogenated alkanes) is 2.